The fraction of sp³-hybridized carbons (Fsp3) is 0.250. The summed E-state index contributed by atoms with van der Waals surface area (Å²) in [5, 5.41) is 0. The van der Waals surface area contributed by atoms with E-state index >= 15 is 0 Å². The third kappa shape index (κ3) is 4.47. The van der Waals surface area contributed by atoms with Crippen LogP contribution in [0.5, 0.6) is 0 Å². The van der Waals surface area contributed by atoms with E-state index in [2.05, 4.69) is 20.8 Å². The van der Waals surface area contributed by atoms with Crippen molar-refractivity contribution in [2.75, 3.05) is 17.8 Å². The van der Waals surface area contributed by atoms with E-state index in [1.54, 1.807) is 48.5 Å². The van der Waals surface area contributed by atoms with Gasteiger partial charge in [0.1, 0.15) is 0 Å². The monoisotopic (exact) mass is 548 g/mol. The lowest BCUT2D eigenvalue weighted by molar-refractivity contribution is 0.268. The van der Waals surface area contributed by atoms with Gasteiger partial charge in [0.25, 0.3) is 20.0 Å². The van der Waals surface area contributed by atoms with Crippen LogP contribution in [0.2, 0.25) is 0 Å². The van der Waals surface area contributed by atoms with Crippen LogP contribution in [0.1, 0.15) is 17.5 Å². The fourth-order valence-corrected chi connectivity index (χ4v) is 8.50. The molecule has 1 atom stereocenters. The van der Waals surface area contributed by atoms with Crippen molar-refractivity contribution < 1.29 is 16.8 Å². The summed E-state index contributed by atoms with van der Waals surface area (Å²) in [6.07, 6.45) is 2.06. The van der Waals surface area contributed by atoms with Crippen LogP contribution in [0.25, 0.3) is 0 Å². The molecule has 0 fully saturated rings. The molecule has 6 nitrogen and oxygen atoms in total. The van der Waals surface area contributed by atoms with Crippen molar-refractivity contribution in [2.24, 2.45) is 0 Å². The maximum atomic E-state index is 13.8. The molecule has 0 bridgehead atoms. The minimum Gasteiger partial charge on any atom is -0.306 e. The molecule has 33 heavy (non-hydrogen) atoms. The van der Waals surface area contributed by atoms with Crippen molar-refractivity contribution in [3.05, 3.63) is 88.4 Å². The number of sulfonamides is 2. The number of hydrogen-bond acceptors (Lipinski definition) is 5. The maximum absolute atomic E-state index is 13.8. The molecule has 0 heterocycles. The van der Waals surface area contributed by atoms with Gasteiger partial charge in [0.15, 0.2) is 0 Å². The second-order valence-electron chi connectivity index (χ2n) is 8.22. The quantitative estimate of drug-likeness (QED) is 0.454. The van der Waals surface area contributed by atoms with Crippen LogP contribution < -0.4 is 3.71 Å². The van der Waals surface area contributed by atoms with Gasteiger partial charge in [0.2, 0.25) is 0 Å². The molecule has 3 aromatic carbocycles. The molecule has 4 rings (SSSR count). The Balaban J connectivity index is 1.98. The van der Waals surface area contributed by atoms with Gasteiger partial charge in [-0.3, -0.25) is 0 Å². The molecule has 0 amide bonds. The van der Waals surface area contributed by atoms with E-state index in [9.17, 15) is 16.8 Å². The normalized spacial score (nSPS) is 16.4. The van der Waals surface area contributed by atoms with Crippen LogP contribution in [0, 0.1) is 0 Å². The number of benzene rings is 3. The molecule has 0 spiro atoms. The highest BCUT2D eigenvalue weighted by Gasteiger charge is 2.39. The van der Waals surface area contributed by atoms with Gasteiger partial charge in [0.05, 0.1) is 15.5 Å². The number of fused-ring (bicyclic) bond motifs is 1. The standard InChI is InChI=1S/C24H25BrN2O4S2/c1-26(2)18-13-14-21-22(17-18)23(25)15-16-24(21)27(32(28,29)19-9-5-3-6-10-19)33(30,31)20-11-7-4-8-12-20/h3-12,15-16,18H,13-14,17H2,1-2H3/t18-/m0/s1. The number of halogens is 1. The Morgan fingerprint density at radius 1 is 0.758 bits per heavy atom. The predicted molar refractivity (Wildman–Crippen MR) is 133 cm³/mol. The number of anilines is 1. The molecule has 174 valence electrons. The first-order valence-corrected chi connectivity index (χ1v) is 14.2. The van der Waals surface area contributed by atoms with E-state index in [1.807, 2.05) is 14.1 Å². The van der Waals surface area contributed by atoms with Crippen molar-refractivity contribution in [1.82, 2.24) is 4.90 Å². The molecule has 1 aliphatic carbocycles. The smallest absolute Gasteiger partial charge is 0.277 e. The molecular formula is C24H25BrN2O4S2. The molecule has 0 saturated carbocycles. The van der Waals surface area contributed by atoms with Crippen LogP contribution >= 0.6 is 15.9 Å². The number of likely N-dealkylation sites (N-methyl/N-ethyl adjacent to an activating group) is 1. The minimum atomic E-state index is -4.42. The highest BCUT2D eigenvalue weighted by molar-refractivity contribution is 9.10. The molecule has 0 unspecified atom stereocenters. The van der Waals surface area contributed by atoms with Crippen molar-refractivity contribution >= 4 is 41.7 Å². The highest BCUT2D eigenvalue weighted by atomic mass is 79.9. The first-order valence-electron chi connectivity index (χ1n) is 10.5. The second-order valence-corrected chi connectivity index (χ2v) is 12.9. The summed E-state index contributed by atoms with van der Waals surface area (Å²) in [5.74, 6) is 0. The summed E-state index contributed by atoms with van der Waals surface area (Å²) < 4.78 is 56.8. The molecule has 0 N–H and O–H groups in total. The van der Waals surface area contributed by atoms with E-state index in [0.29, 0.717) is 16.6 Å². The third-order valence-electron chi connectivity index (χ3n) is 5.96. The largest absolute Gasteiger partial charge is 0.306 e. The average molecular weight is 550 g/mol. The summed E-state index contributed by atoms with van der Waals surface area (Å²) in [6.45, 7) is 0. The molecule has 0 aromatic heterocycles. The van der Waals surface area contributed by atoms with Gasteiger partial charge in [-0.15, -0.1) is 0 Å². The van der Waals surface area contributed by atoms with Gasteiger partial charge in [-0.1, -0.05) is 52.3 Å². The number of rotatable bonds is 6. The number of nitrogens with zero attached hydrogens (tertiary/aromatic N) is 2. The van der Waals surface area contributed by atoms with Crippen LogP contribution in [-0.4, -0.2) is 41.9 Å². The average Bonchev–Trinajstić information content (AvgIpc) is 2.81. The van der Waals surface area contributed by atoms with Gasteiger partial charge in [-0.25, -0.2) is 16.8 Å². The van der Waals surface area contributed by atoms with Crippen molar-refractivity contribution in [3.63, 3.8) is 0 Å². The molecule has 0 saturated heterocycles. The second kappa shape index (κ2) is 9.21. The zero-order valence-corrected chi connectivity index (χ0v) is 21.6. The van der Waals surface area contributed by atoms with E-state index < -0.39 is 20.0 Å². The maximum Gasteiger partial charge on any atom is 0.277 e. The molecule has 0 aliphatic heterocycles. The van der Waals surface area contributed by atoms with Crippen molar-refractivity contribution in [2.45, 2.75) is 35.1 Å². The highest BCUT2D eigenvalue weighted by Crippen LogP contribution is 2.40. The van der Waals surface area contributed by atoms with Crippen LogP contribution in [0.3, 0.4) is 0 Å². The Kier molecular flexibility index (Phi) is 6.68. The lowest BCUT2D eigenvalue weighted by Gasteiger charge is -2.34. The van der Waals surface area contributed by atoms with Crippen molar-refractivity contribution in [1.29, 1.82) is 0 Å². The van der Waals surface area contributed by atoms with Crippen LogP contribution in [-0.2, 0) is 32.9 Å². The lowest BCUT2D eigenvalue weighted by Crippen LogP contribution is -2.39. The SMILES string of the molecule is CN(C)[C@H]1CCc2c(N(S(=O)(=O)c3ccccc3)S(=O)(=O)c3ccccc3)ccc(Br)c2C1. The van der Waals surface area contributed by atoms with Crippen LogP contribution in [0.4, 0.5) is 5.69 Å². The van der Waals surface area contributed by atoms with Gasteiger partial charge >= 0.3 is 0 Å². The minimum absolute atomic E-state index is 0.0804. The van der Waals surface area contributed by atoms with Gasteiger partial charge in [-0.2, -0.15) is 3.71 Å². The summed E-state index contributed by atoms with van der Waals surface area (Å²) in [4.78, 5) is 1.98. The zero-order chi connectivity index (χ0) is 23.8. The Labute approximate surface area is 204 Å². The molecule has 0 radical (unpaired) electrons. The van der Waals surface area contributed by atoms with E-state index in [-0.39, 0.29) is 21.5 Å². The molecule has 3 aromatic rings. The van der Waals surface area contributed by atoms with E-state index in [4.69, 9.17) is 0 Å². The van der Waals surface area contributed by atoms with Gasteiger partial charge in [-0.05, 0) is 80.9 Å². The zero-order valence-electron chi connectivity index (χ0n) is 18.3. The summed E-state index contributed by atoms with van der Waals surface area (Å²) in [7, 11) is -4.81. The molecular weight excluding hydrogens is 524 g/mol. The Morgan fingerprint density at radius 3 is 1.76 bits per heavy atom. The fourth-order valence-electron chi connectivity index (χ4n) is 4.18. The van der Waals surface area contributed by atoms with Crippen LogP contribution in [0.15, 0.2) is 87.1 Å². The summed E-state index contributed by atoms with van der Waals surface area (Å²) >= 11 is 3.60. The Hall–Kier alpha value is -2.20. The first-order chi connectivity index (χ1) is 15.6. The van der Waals surface area contributed by atoms with Gasteiger partial charge in [0, 0.05) is 10.5 Å². The van der Waals surface area contributed by atoms with E-state index in [1.165, 1.54) is 24.3 Å². The first kappa shape index (κ1) is 23.9. The molecule has 9 heteroatoms. The third-order valence-corrected chi connectivity index (χ3v) is 10.9. The van der Waals surface area contributed by atoms with Crippen molar-refractivity contribution in [3.8, 4) is 0 Å². The predicted octanol–water partition coefficient (Wildman–Crippen LogP) is 4.45. The summed E-state index contributed by atoms with van der Waals surface area (Å²) in [6, 6.07) is 19.0. The topological polar surface area (TPSA) is 74.8 Å². The summed E-state index contributed by atoms with van der Waals surface area (Å²) in [5.41, 5.74) is 1.86. The van der Waals surface area contributed by atoms with Gasteiger partial charge < -0.3 is 4.90 Å². The Bertz CT molecular complexity index is 1290. The Morgan fingerprint density at radius 2 is 1.27 bits per heavy atom. The molecule has 1 aliphatic rings. The number of hydrogen-bond donors (Lipinski definition) is 0. The van der Waals surface area contributed by atoms with E-state index in [0.717, 1.165) is 22.0 Å². The lowest BCUT2D eigenvalue weighted by atomic mass is 9.87.